The van der Waals surface area contributed by atoms with Gasteiger partial charge in [-0.1, -0.05) is 15.9 Å². The summed E-state index contributed by atoms with van der Waals surface area (Å²) in [7, 11) is 3.23. The van der Waals surface area contributed by atoms with Crippen molar-refractivity contribution in [1.29, 1.82) is 0 Å². The van der Waals surface area contributed by atoms with Crippen molar-refractivity contribution >= 4 is 43.2 Å². The van der Waals surface area contributed by atoms with E-state index in [0.29, 0.717) is 11.5 Å². The van der Waals surface area contributed by atoms with E-state index >= 15 is 0 Å². The molecule has 108 valence electrons. The summed E-state index contributed by atoms with van der Waals surface area (Å²) in [6.45, 7) is 2.06. The van der Waals surface area contributed by atoms with Gasteiger partial charge in [0.15, 0.2) is 11.5 Å². The smallest absolute Gasteiger partial charge is 0.161 e. The van der Waals surface area contributed by atoms with Crippen LogP contribution in [0.4, 0.5) is 0 Å². The fraction of sp³-hybridized carbons (Fsp3) is 0.286. The molecule has 1 unspecified atom stereocenters. The first-order valence-electron chi connectivity index (χ1n) is 5.90. The number of thiophene rings is 1. The largest absolute Gasteiger partial charge is 0.493 e. The molecule has 0 amide bonds. The first-order valence-corrected chi connectivity index (χ1v) is 8.31. The Kier molecular flexibility index (Phi) is 5.12. The van der Waals surface area contributed by atoms with Gasteiger partial charge in [0, 0.05) is 9.35 Å². The lowest BCUT2D eigenvalue weighted by Crippen LogP contribution is -2.11. The molecule has 0 bridgehead atoms. The van der Waals surface area contributed by atoms with Gasteiger partial charge in [-0.2, -0.15) is 0 Å². The molecule has 0 radical (unpaired) electrons. The minimum Gasteiger partial charge on any atom is -0.493 e. The normalized spacial score (nSPS) is 12.3. The van der Waals surface area contributed by atoms with E-state index < -0.39 is 0 Å². The molecule has 0 aliphatic rings. The number of methoxy groups -OCH3 is 2. The highest BCUT2D eigenvalue weighted by molar-refractivity contribution is 9.11. The Morgan fingerprint density at radius 2 is 1.70 bits per heavy atom. The molecule has 0 aliphatic heterocycles. The first-order chi connectivity index (χ1) is 9.47. The van der Waals surface area contributed by atoms with E-state index in [0.717, 1.165) is 18.7 Å². The number of ether oxygens (including phenoxy) is 2. The molecule has 1 heterocycles. The van der Waals surface area contributed by atoms with Gasteiger partial charge in [-0.3, -0.25) is 0 Å². The van der Waals surface area contributed by atoms with Gasteiger partial charge < -0.3 is 15.2 Å². The van der Waals surface area contributed by atoms with Crippen molar-refractivity contribution < 1.29 is 9.47 Å². The van der Waals surface area contributed by atoms with Crippen LogP contribution in [0.15, 0.2) is 26.5 Å². The topological polar surface area (TPSA) is 44.5 Å². The Morgan fingerprint density at radius 1 is 1.10 bits per heavy atom. The van der Waals surface area contributed by atoms with Crippen LogP contribution in [0.1, 0.15) is 22.0 Å². The molecule has 20 heavy (non-hydrogen) atoms. The van der Waals surface area contributed by atoms with Crippen molar-refractivity contribution in [2.75, 3.05) is 14.2 Å². The van der Waals surface area contributed by atoms with Crippen molar-refractivity contribution in [2.45, 2.75) is 13.0 Å². The highest BCUT2D eigenvalue weighted by Crippen LogP contribution is 2.39. The average Bonchev–Trinajstić information content (AvgIpc) is 2.77. The molecule has 6 heteroatoms. The molecule has 0 saturated heterocycles. The Bertz CT molecular complexity index is 608. The standard InChI is InChI=1S/C14H15Br2NO2S/c1-7-4-12(20-14(7)16)13(17)8-5-10(18-2)11(19-3)6-9(8)15/h4-6,13H,17H2,1-3H3. The van der Waals surface area contributed by atoms with E-state index in [9.17, 15) is 0 Å². The maximum atomic E-state index is 6.38. The van der Waals surface area contributed by atoms with Gasteiger partial charge in [0.05, 0.1) is 24.0 Å². The lowest BCUT2D eigenvalue weighted by Gasteiger charge is -2.16. The molecule has 0 aliphatic carbocycles. The van der Waals surface area contributed by atoms with Crippen LogP contribution in [0.2, 0.25) is 0 Å². The van der Waals surface area contributed by atoms with E-state index in [-0.39, 0.29) is 6.04 Å². The fourth-order valence-corrected chi connectivity index (χ4v) is 4.06. The maximum Gasteiger partial charge on any atom is 0.161 e. The molecular weight excluding hydrogens is 406 g/mol. The monoisotopic (exact) mass is 419 g/mol. The minimum atomic E-state index is -0.209. The van der Waals surface area contributed by atoms with Gasteiger partial charge in [-0.05, 0) is 52.2 Å². The van der Waals surface area contributed by atoms with Crippen molar-refractivity contribution in [1.82, 2.24) is 0 Å². The Hall–Kier alpha value is -0.560. The fourth-order valence-electron chi connectivity index (χ4n) is 1.90. The molecular formula is C14H15Br2NO2S. The summed E-state index contributed by atoms with van der Waals surface area (Å²) in [5.41, 5.74) is 8.54. The number of hydrogen-bond acceptors (Lipinski definition) is 4. The van der Waals surface area contributed by atoms with E-state index in [1.807, 2.05) is 12.1 Å². The Labute approximate surface area is 139 Å². The van der Waals surface area contributed by atoms with Crippen LogP contribution < -0.4 is 15.2 Å². The predicted octanol–water partition coefficient (Wildman–Crippen LogP) is 4.65. The van der Waals surface area contributed by atoms with Crippen molar-refractivity contribution in [3.63, 3.8) is 0 Å². The van der Waals surface area contributed by atoms with Gasteiger partial charge in [-0.15, -0.1) is 11.3 Å². The third kappa shape index (κ3) is 3.03. The maximum absolute atomic E-state index is 6.38. The molecule has 0 fully saturated rings. The first kappa shape index (κ1) is 15.8. The zero-order valence-electron chi connectivity index (χ0n) is 11.4. The second-order valence-electron chi connectivity index (χ2n) is 4.31. The third-order valence-corrected chi connectivity index (χ3v) is 5.93. The molecule has 2 aromatic rings. The molecule has 1 aromatic heterocycles. The van der Waals surface area contributed by atoms with E-state index in [4.69, 9.17) is 15.2 Å². The average molecular weight is 421 g/mol. The van der Waals surface area contributed by atoms with E-state index in [1.165, 1.54) is 5.56 Å². The van der Waals surface area contributed by atoms with Crippen LogP contribution in [0.5, 0.6) is 11.5 Å². The predicted molar refractivity (Wildman–Crippen MR) is 90.0 cm³/mol. The summed E-state index contributed by atoms with van der Waals surface area (Å²) in [6.07, 6.45) is 0. The summed E-state index contributed by atoms with van der Waals surface area (Å²) >= 11 is 8.73. The van der Waals surface area contributed by atoms with E-state index in [2.05, 4.69) is 44.8 Å². The van der Waals surface area contributed by atoms with E-state index in [1.54, 1.807) is 25.6 Å². The summed E-state index contributed by atoms with van der Waals surface area (Å²) in [4.78, 5) is 1.10. The third-order valence-electron chi connectivity index (χ3n) is 3.02. The van der Waals surface area contributed by atoms with Gasteiger partial charge in [-0.25, -0.2) is 0 Å². The van der Waals surface area contributed by atoms with Gasteiger partial charge in [0.1, 0.15) is 0 Å². The van der Waals surface area contributed by atoms with Crippen LogP contribution >= 0.6 is 43.2 Å². The summed E-state index contributed by atoms with van der Waals surface area (Å²) in [6, 6.07) is 5.68. The van der Waals surface area contributed by atoms with Crippen LogP contribution in [0.25, 0.3) is 0 Å². The van der Waals surface area contributed by atoms with Crippen molar-refractivity contribution in [3.05, 3.63) is 42.5 Å². The Balaban J connectivity index is 2.46. The summed E-state index contributed by atoms with van der Waals surface area (Å²) in [5.74, 6) is 1.35. The number of nitrogens with two attached hydrogens (primary N) is 1. The van der Waals surface area contributed by atoms with Crippen LogP contribution in [-0.2, 0) is 0 Å². The lowest BCUT2D eigenvalue weighted by molar-refractivity contribution is 0.354. The number of rotatable bonds is 4. The second kappa shape index (κ2) is 6.47. The van der Waals surface area contributed by atoms with Crippen molar-refractivity contribution in [3.8, 4) is 11.5 Å². The number of halogens is 2. The second-order valence-corrected chi connectivity index (χ2v) is 7.57. The van der Waals surface area contributed by atoms with Gasteiger partial charge in [0.25, 0.3) is 0 Å². The minimum absolute atomic E-state index is 0.209. The van der Waals surface area contributed by atoms with Crippen LogP contribution in [-0.4, -0.2) is 14.2 Å². The van der Waals surface area contributed by atoms with Crippen LogP contribution in [0.3, 0.4) is 0 Å². The zero-order valence-corrected chi connectivity index (χ0v) is 15.4. The summed E-state index contributed by atoms with van der Waals surface area (Å²) < 4.78 is 12.6. The molecule has 0 spiro atoms. The SMILES string of the molecule is COc1cc(Br)c(C(N)c2cc(C)c(Br)s2)cc1OC. The molecule has 2 N–H and O–H groups in total. The summed E-state index contributed by atoms with van der Waals surface area (Å²) in [5, 5.41) is 0. The Morgan fingerprint density at radius 3 is 2.20 bits per heavy atom. The molecule has 1 atom stereocenters. The quantitative estimate of drug-likeness (QED) is 0.782. The number of benzene rings is 1. The lowest BCUT2D eigenvalue weighted by atomic mass is 10.1. The molecule has 3 nitrogen and oxygen atoms in total. The van der Waals surface area contributed by atoms with Crippen molar-refractivity contribution in [2.24, 2.45) is 5.73 Å². The zero-order chi connectivity index (χ0) is 14.9. The molecule has 1 aromatic carbocycles. The molecule has 2 rings (SSSR count). The highest BCUT2D eigenvalue weighted by Gasteiger charge is 2.19. The highest BCUT2D eigenvalue weighted by atomic mass is 79.9. The van der Waals surface area contributed by atoms with Gasteiger partial charge in [0.2, 0.25) is 0 Å². The van der Waals surface area contributed by atoms with Gasteiger partial charge >= 0.3 is 0 Å². The number of hydrogen-bond donors (Lipinski definition) is 1. The van der Waals surface area contributed by atoms with Crippen LogP contribution in [0, 0.1) is 6.92 Å². The molecule has 0 saturated carbocycles. The number of aryl methyl sites for hydroxylation is 1.